The first kappa shape index (κ1) is 11.5. The average molecular weight is 224 g/mol. The second-order valence-electron chi connectivity index (χ2n) is 3.78. The molecule has 1 rings (SSSR count). The third kappa shape index (κ3) is 3.58. The summed E-state index contributed by atoms with van der Waals surface area (Å²) < 4.78 is 28.0. The van der Waals surface area contributed by atoms with Crippen molar-refractivity contribution in [2.24, 2.45) is 0 Å². The second-order valence-corrected chi connectivity index (χ2v) is 8.04. The molecule has 1 aliphatic rings. The highest BCUT2D eigenvalue weighted by molar-refractivity contribution is 7.65. The summed E-state index contributed by atoms with van der Waals surface area (Å²) in [5, 5.41) is 0. The van der Waals surface area contributed by atoms with Crippen molar-refractivity contribution >= 4 is 15.4 Å². The third-order valence-electron chi connectivity index (χ3n) is 2.55. The number of hydrogen-bond donors (Lipinski definition) is 0. The van der Waals surface area contributed by atoms with E-state index in [1.54, 1.807) is 6.66 Å². The van der Waals surface area contributed by atoms with Crippen LogP contribution in [-0.4, -0.2) is 19.0 Å². The molecule has 78 valence electrons. The quantitative estimate of drug-likeness (QED) is 0.690. The Hall–Kier alpha value is 0.420. The summed E-state index contributed by atoms with van der Waals surface area (Å²) in [5.41, 5.74) is 0.162. The van der Waals surface area contributed by atoms with Crippen molar-refractivity contribution in [3.63, 3.8) is 0 Å². The van der Waals surface area contributed by atoms with Crippen molar-refractivity contribution in [1.82, 2.24) is 0 Å². The highest BCUT2D eigenvalue weighted by atomic mass is 31.2. The van der Waals surface area contributed by atoms with Crippen LogP contribution in [-0.2, 0) is 13.4 Å². The van der Waals surface area contributed by atoms with E-state index in [-0.39, 0.29) is 5.66 Å². The van der Waals surface area contributed by atoms with Gasteiger partial charge in [-0.15, -0.1) is 0 Å². The van der Waals surface area contributed by atoms with Crippen LogP contribution in [0.2, 0.25) is 0 Å². The summed E-state index contributed by atoms with van der Waals surface area (Å²) >= 11 is 0. The number of hydrogen-bond acceptors (Lipinski definition) is 3. The first-order valence-corrected chi connectivity index (χ1v) is 8.75. The highest BCUT2D eigenvalue weighted by Crippen LogP contribution is 2.58. The Bertz CT molecular complexity index is 234. The van der Waals surface area contributed by atoms with Gasteiger partial charge in [-0.2, -0.15) is 0 Å². The lowest BCUT2D eigenvalue weighted by molar-refractivity contribution is 0.431. The molecule has 0 aromatic heterocycles. The van der Waals surface area contributed by atoms with Gasteiger partial charge < -0.3 is 0 Å². The fourth-order valence-electron chi connectivity index (χ4n) is 1.88. The minimum absolute atomic E-state index is 0.162. The summed E-state index contributed by atoms with van der Waals surface area (Å²) in [6.07, 6.45) is 5.46. The smallest absolute Gasteiger partial charge is 0.208 e. The van der Waals surface area contributed by atoms with Crippen molar-refractivity contribution in [1.29, 1.82) is 0 Å². The van der Waals surface area contributed by atoms with Crippen LogP contribution in [0.3, 0.4) is 0 Å². The molecule has 1 saturated carbocycles. The molecule has 0 spiro atoms. The molecule has 0 heterocycles. The van der Waals surface area contributed by atoms with Gasteiger partial charge in [0.25, 0.3) is 0 Å². The highest BCUT2D eigenvalue weighted by Gasteiger charge is 2.31. The van der Waals surface area contributed by atoms with E-state index in [4.69, 9.17) is 4.31 Å². The van der Waals surface area contributed by atoms with Crippen molar-refractivity contribution in [2.45, 2.75) is 37.8 Å². The Labute approximate surface area is 80.6 Å². The zero-order valence-corrected chi connectivity index (χ0v) is 10.2. The van der Waals surface area contributed by atoms with Crippen molar-refractivity contribution in [2.75, 3.05) is 13.3 Å². The fourth-order valence-corrected chi connectivity index (χ4v) is 5.82. The molecular formula is C8H18O3P2. The summed E-state index contributed by atoms with van der Waals surface area (Å²) in [6, 6.07) is 0. The Morgan fingerprint density at radius 2 is 1.85 bits per heavy atom. The maximum absolute atomic E-state index is 12.0. The molecule has 0 bridgehead atoms. The first-order valence-electron chi connectivity index (χ1n) is 4.80. The van der Waals surface area contributed by atoms with E-state index in [1.165, 1.54) is 13.1 Å². The predicted molar refractivity (Wildman–Crippen MR) is 56.4 cm³/mol. The summed E-state index contributed by atoms with van der Waals surface area (Å²) in [6.45, 7) is 3.14. The summed E-state index contributed by atoms with van der Waals surface area (Å²) in [5.74, 6) is 0. The Morgan fingerprint density at radius 3 is 2.31 bits per heavy atom. The van der Waals surface area contributed by atoms with E-state index < -0.39 is 15.4 Å². The van der Waals surface area contributed by atoms with Crippen LogP contribution in [0.5, 0.6) is 0 Å². The van der Waals surface area contributed by atoms with Crippen LogP contribution < -0.4 is 0 Å². The normalized spacial score (nSPS) is 26.6. The fraction of sp³-hybridized carbons (Fsp3) is 1.00. The lowest BCUT2D eigenvalue weighted by Crippen LogP contribution is -2.12. The van der Waals surface area contributed by atoms with Crippen LogP contribution in [0.15, 0.2) is 0 Å². The molecule has 0 radical (unpaired) electrons. The third-order valence-corrected chi connectivity index (χ3v) is 6.87. The van der Waals surface area contributed by atoms with Gasteiger partial charge >= 0.3 is 0 Å². The van der Waals surface area contributed by atoms with Crippen molar-refractivity contribution in [3.8, 4) is 0 Å². The lowest BCUT2D eigenvalue weighted by atomic mass is 10.0. The molecule has 3 nitrogen and oxygen atoms in total. The van der Waals surface area contributed by atoms with Gasteiger partial charge in [0.1, 0.15) is 0 Å². The molecule has 0 N–H and O–H groups in total. The van der Waals surface area contributed by atoms with Gasteiger partial charge in [0.05, 0.1) is 0 Å². The van der Waals surface area contributed by atoms with Crippen molar-refractivity contribution < 1.29 is 13.4 Å². The van der Waals surface area contributed by atoms with Gasteiger partial charge in [0.15, 0.2) is 8.03 Å². The SMILES string of the molecule is C[PH](=O)OP(C)(=O)C1CCCCC1. The first-order chi connectivity index (χ1) is 6.02. The molecule has 0 saturated heterocycles. The van der Waals surface area contributed by atoms with E-state index in [1.807, 2.05) is 0 Å². The molecule has 1 fully saturated rings. The van der Waals surface area contributed by atoms with E-state index in [9.17, 15) is 9.13 Å². The molecule has 5 heteroatoms. The van der Waals surface area contributed by atoms with Gasteiger partial charge in [-0.25, -0.2) is 0 Å². The minimum atomic E-state index is -2.59. The van der Waals surface area contributed by atoms with Gasteiger partial charge in [-0.3, -0.25) is 13.4 Å². The van der Waals surface area contributed by atoms with Crippen LogP contribution >= 0.6 is 15.4 Å². The van der Waals surface area contributed by atoms with Crippen molar-refractivity contribution in [3.05, 3.63) is 0 Å². The van der Waals surface area contributed by atoms with Gasteiger partial charge in [-0.05, 0) is 12.8 Å². The molecule has 2 unspecified atom stereocenters. The maximum Gasteiger partial charge on any atom is 0.208 e. The number of rotatable bonds is 3. The van der Waals surface area contributed by atoms with Gasteiger partial charge in [0.2, 0.25) is 7.37 Å². The zero-order chi connectivity index (χ0) is 9.90. The van der Waals surface area contributed by atoms with E-state index in [0.29, 0.717) is 0 Å². The maximum atomic E-state index is 12.0. The van der Waals surface area contributed by atoms with Crippen LogP contribution in [0.25, 0.3) is 0 Å². The van der Waals surface area contributed by atoms with E-state index >= 15 is 0 Å². The van der Waals surface area contributed by atoms with Crippen LogP contribution in [0, 0.1) is 0 Å². The van der Waals surface area contributed by atoms with Crippen LogP contribution in [0.1, 0.15) is 32.1 Å². The second kappa shape index (κ2) is 4.77. The van der Waals surface area contributed by atoms with E-state index in [0.717, 1.165) is 25.7 Å². The molecule has 1 aliphatic carbocycles. The molecule has 2 atom stereocenters. The largest absolute Gasteiger partial charge is 0.296 e. The molecule has 0 aliphatic heterocycles. The summed E-state index contributed by atoms with van der Waals surface area (Å²) in [4.78, 5) is 0. The zero-order valence-electron chi connectivity index (χ0n) is 8.28. The Balaban J connectivity index is 2.56. The lowest BCUT2D eigenvalue weighted by Gasteiger charge is -2.26. The Morgan fingerprint density at radius 1 is 1.31 bits per heavy atom. The van der Waals surface area contributed by atoms with E-state index in [2.05, 4.69) is 0 Å². The molecule has 13 heavy (non-hydrogen) atoms. The van der Waals surface area contributed by atoms with Crippen LogP contribution in [0.4, 0.5) is 0 Å². The Kier molecular flexibility index (Phi) is 4.22. The average Bonchev–Trinajstić information content (AvgIpc) is 2.04. The molecular weight excluding hydrogens is 206 g/mol. The molecule has 0 amide bonds. The molecule has 0 aromatic rings. The topological polar surface area (TPSA) is 43.4 Å². The minimum Gasteiger partial charge on any atom is -0.296 e. The standard InChI is InChI=1S/C8H18O3P2/c1-12(9)11-13(2,10)8-6-4-3-5-7-8/h8,12H,3-7H2,1-2H3. The summed E-state index contributed by atoms with van der Waals surface area (Å²) in [7, 11) is -4.64. The molecule has 0 aromatic carbocycles. The van der Waals surface area contributed by atoms with Gasteiger partial charge in [-0.1, -0.05) is 19.3 Å². The predicted octanol–water partition coefficient (Wildman–Crippen LogP) is 3.35. The van der Waals surface area contributed by atoms with Gasteiger partial charge in [0, 0.05) is 19.0 Å². The monoisotopic (exact) mass is 224 g/mol.